The maximum absolute atomic E-state index is 11.3. The lowest BCUT2D eigenvalue weighted by Gasteiger charge is -2.17. The second-order valence-electron chi connectivity index (χ2n) is 4.89. The Morgan fingerprint density at radius 2 is 2.00 bits per heavy atom. The zero-order valence-electron chi connectivity index (χ0n) is 11.5. The molecular weight excluding hydrogens is 282 g/mol. The fraction of sp³-hybridized carbons (Fsp3) is 0.571. The number of benzene rings is 1. The largest absolute Gasteiger partial charge is 0.317 e. The van der Waals surface area contributed by atoms with Crippen LogP contribution in [0.1, 0.15) is 18.9 Å². The van der Waals surface area contributed by atoms with Crippen molar-refractivity contribution in [2.75, 3.05) is 25.1 Å². The lowest BCUT2D eigenvalue weighted by molar-refractivity contribution is 0.465. The van der Waals surface area contributed by atoms with E-state index in [9.17, 15) is 8.42 Å². The number of hydrogen-bond acceptors (Lipinski definition) is 3. The molecule has 0 heterocycles. The van der Waals surface area contributed by atoms with E-state index in [1.165, 1.54) is 6.26 Å². The summed E-state index contributed by atoms with van der Waals surface area (Å²) in [5.74, 6) is 0.516. The predicted molar refractivity (Wildman–Crippen MR) is 81.5 cm³/mol. The first-order valence-electron chi connectivity index (χ1n) is 6.54. The first-order valence-corrected chi connectivity index (χ1v) is 8.98. The standard InChI is InChI=1S/C14H22ClNO2S/c1-3-16-11-12(8-9-19(2,17)18)10-13-6-4-5-7-14(13)15/h4-7,12,16H,3,8-11H2,1-2H3. The molecule has 0 fully saturated rings. The number of hydrogen-bond donors (Lipinski definition) is 1. The summed E-state index contributed by atoms with van der Waals surface area (Å²) in [6, 6.07) is 7.74. The summed E-state index contributed by atoms with van der Waals surface area (Å²) in [7, 11) is -2.91. The lowest BCUT2D eigenvalue weighted by Crippen LogP contribution is -2.26. The Labute approximate surface area is 121 Å². The molecule has 0 spiro atoms. The smallest absolute Gasteiger partial charge is 0.147 e. The van der Waals surface area contributed by atoms with Crippen LogP contribution in [0.3, 0.4) is 0 Å². The van der Waals surface area contributed by atoms with Gasteiger partial charge in [0.1, 0.15) is 9.84 Å². The van der Waals surface area contributed by atoms with Gasteiger partial charge in [0.15, 0.2) is 0 Å². The van der Waals surface area contributed by atoms with E-state index >= 15 is 0 Å². The van der Waals surface area contributed by atoms with Gasteiger partial charge in [-0.15, -0.1) is 0 Å². The quantitative estimate of drug-likeness (QED) is 0.803. The fourth-order valence-electron chi connectivity index (χ4n) is 1.98. The van der Waals surface area contributed by atoms with E-state index in [-0.39, 0.29) is 11.7 Å². The van der Waals surface area contributed by atoms with Crippen molar-refractivity contribution in [1.29, 1.82) is 0 Å². The Bertz CT molecular complexity index is 488. The van der Waals surface area contributed by atoms with Gasteiger partial charge < -0.3 is 5.32 Å². The minimum absolute atomic E-state index is 0.230. The Balaban J connectivity index is 2.66. The molecule has 5 heteroatoms. The molecule has 1 unspecified atom stereocenters. The normalized spacial score (nSPS) is 13.4. The van der Waals surface area contributed by atoms with Crippen LogP contribution in [0.5, 0.6) is 0 Å². The van der Waals surface area contributed by atoms with Gasteiger partial charge in [0.05, 0.1) is 5.75 Å². The van der Waals surface area contributed by atoms with E-state index < -0.39 is 9.84 Å². The second kappa shape index (κ2) is 7.88. The van der Waals surface area contributed by atoms with Gasteiger partial charge >= 0.3 is 0 Å². The van der Waals surface area contributed by atoms with Crippen LogP contribution in [-0.2, 0) is 16.3 Å². The molecule has 0 aromatic heterocycles. The van der Waals surface area contributed by atoms with Gasteiger partial charge in [0.2, 0.25) is 0 Å². The van der Waals surface area contributed by atoms with Crippen LogP contribution in [0.2, 0.25) is 5.02 Å². The molecule has 0 aliphatic carbocycles. The summed E-state index contributed by atoms with van der Waals surface area (Å²) >= 11 is 6.15. The van der Waals surface area contributed by atoms with E-state index in [1.807, 2.05) is 31.2 Å². The average molecular weight is 304 g/mol. The van der Waals surface area contributed by atoms with Gasteiger partial charge in [0, 0.05) is 11.3 Å². The van der Waals surface area contributed by atoms with Crippen LogP contribution in [0, 0.1) is 5.92 Å². The molecule has 0 amide bonds. The topological polar surface area (TPSA) is 46.2 Å². The molecule has 0 aliphatic rings. The molecule has 3 nitrogen and oxygen atoms in total. The third-order valence-corrected chi connectivity index (χ3v) is 4.39. The van der Waals surface area contributed by atoms with Crippen molar-refractivity contribution in [3.05, 3.63) is 34.9 Å². The SMILES string of the molecule is CCNCC(CCS(C)(=O)=O)Cc1ccccc1Cl. The highest BCUT2D eigenvalue weighted by molar-refractivity contribution is 7.90. The molecule has 1 rings (SSSR count). The van der Waals surface area contributed by atoms with E-state index in [4.69, 9.17) is 11.6 Å². The molecule has 19 heavy (non-hydrogen) atoms. The number of rotatable bonds is 8. The third-order valence-electron chi connectivity index (χ3n) is 3.05. The summed E-state index contributed by atoms with van der Waals surface area (Å²) in [6.07, 6.45) is 2.76. The fourth-order valence-corrected chi connectivity index (χ4v) is 2.95. The van der Waals surface area contributed by atoms with Crippen LogP contribution < -0.4 is 5.32 Å². The van der Waals surface area contributed by atoms with Crippen molar-refractivity contribution in [2.24, 2.45) is 5.92 Å². The third kappa shape index (κ3) is 6.95. The zero-order valence-corrected chi connectivity index (χ0v) is 13.1. The zero-order chi connectivity index (χ0) is 14.3. The van der Waals surface area contributed by atoms with E-state index in [1.54, 1.807) is 0 Å². The van der Waals surface area contributed by atoms with E-state index in [2.05, 4.69) is 5.32 Å². The Kier molecular flexibility index (Phi) is 6.83. The van der Waals surface area contributed by atoms with Gasteiger partial charge in [-0.3, -0.25) is 0 Å². The Morgan fingerprint density at radius 3 is 2.58 bits per heavy atom. The van der Waals surface area contributed by atoms with Crippen LogP contribution in [0.15, 0.2) is 24.3 Å². The molecule has 0 radical (unpaired) electrons. The highest BCUT2D eigenvalue weighted by atomic mass is 35.5. The summed E-state index contributed by atoms with van der Waals surface area (Å²) in [4.78, 5) is 0. The minimum Gasteiger partial charge on any atom is -0.317 e. The average Bonchev–Trinajstić information content (AvgIpc) is 2.34. The molecule has 1 aromatic rings. The monoisotopic (exact) mass is 303 g/mol. The van der Waals surface area contributed by atoms with Crippen molar-refractivity contribution >= 4 is 21.4 Å². The summed E-state index contributed by atoms with van der Waals surface area (Å²) in [6.45, 7) is 3.75. The van der Waals surface area contributed by atoms with Gasteiger partial charge in [-0.05, 0) is 43.5 Å². The molecule has 1 atom stereocenters. The van der Waals surface area contributed by atoms with E-state index in [0.717, 1.165) is 30.1 Å². The summed E-state index contributed by atoms with van der Waals surface area (Å²) < 4.78 is 22.6. The van der Waals surface area contributed by atoms with Gasteiger partial charge in [0.25, 0.3) is 0 Å². The Hall–Kier alpha value is -0.580. The van der Waals surface area contributed by atoms with Gasteiger partial charge in [-0.2, -0.15) is 0 Å². The number of sulfone groups is 1. The minimum atomic E-state index is -2.91. The van der Waals surface area contributed by atoms with Crippen LogP contribution in [0.25, 0.3) is 0 Å². The number of nitrogens with one attached hydrogen (secondary N) is 1. The van der Waals surface area contributed by atoms with Crippen molar-refractivity contribution < 1.29 is 8.42 Å². The lowest BCUT2D eigenvalue weighted by atomic mass is 9.97. The maximum Gasteiger partial charge on any atom is 0.147 e. The number of halogens is 1. The van der Waals surface area contributed by atoms with Gasteiger partial charge in [-0.1, -0.05) is 36.7 Å². The first-order chi connectivity index (χ1) is 8.92. The molecule has 0 saturated carbocycles. The first kappa shape index (κ1) is 16.5. The van der Waals surface area contributed by atoms with Crippen LogP contribution >= 0.6 is 11.6 Å². The molecule has 0 saturated heterocycles. The predicted octanol–water partition coefficient (Wildman–Crippen LogP) is 2.54. The highest BCUT2D eigenvalue weighted by Crippen LogP contribution is 2.20. The molecule has 1 N–H and O–H groups in total. The molecule has 108 valence electrons. The Morgan fingerprint density at radius 1 is 1.32 bits per heavy atom. The summed E-state index contributed by atoms with van der Waals surface area (Å²) in [5.41, 5.74) is 1.08. The van der Waals surface area contributed by atoms with Crippen LogP contribution in [0.4, 0.5) is 0 Å². The second-order valence-corrected chi connectivity index (χ2v) is 7.55. The molecule has 0 aliphatic heterocycles. The van der Waals surface area contributed by atoms with Crippen molar-refractivity contribution in [2.45, 2.75) is 19.8 Å². The van der Waals surface area contributed by atoms with Crippen molar-refractivity contribution in [3.8, 4) is 0 Å². The highest BCUT2D eigenvalue weighted by Gasteiger charge is 2.14. The van der Waals surface area contributed by atoms with Crippen LogP contribution in [-0.4, -0.2) is 33.5 Å². The molecular formula is C14H22ClNO2S. The van der Waals surface area contributed by atoms with E-state index in [0.29, 0.717) is 6.42 Å². The van der Waals surface area contributed by atoms with Crippen molar-refractivity contribution in [3.63, 3.8) is 0 Å². The summed E-state index contributed by atoms with van der Waals surface area (Å²) in [5, 5.41) is 4.04. The molecule has 0 bridgehead atoms. The van der Waals surface area contributed by atoms with Crippen molar-refractivity contribution in [1.82, 2.24) is 5.32 Å². The van der Waals surface area contributed by atoms with Gasteiger partial charge in [-0.25, -0.2) is 8.42 Å². The maximum atomic E-state index is 11.3. The molecule has 1 aromatic carbocycles.